The monoisotopic (exact) mass is 347 g/mol. The number of ether oxygens (including phenoxy) is 1. The molecule has 136 valence electrons. The largest absolute Gasteiger partial charge is 0.379 e. The van der Waals surface area contributed by atoms with E-state index in [0.29, 0.717) is 37.4 Å². The normalized spacial score (nSPS) is 29.8. The molecule has 2 aliphatic rings. The predicted octanol–water partition coefficient (Wildman–Crippen LogP) is 1.16. The van der Waals surface area contributed by atoms with E-state index in [9.17, 15) is 8.42 Å². The van der Waals surface area contributed by atoms with Gasteiger partial charge in [-0.2, -0.15) is 12.7 Å². The van der Waals surface area contributed by atoms with Gasteiger partial charge in [-0.05, 0) is 24.2 Å². The molecule has 0 aliphatic carbocycles. The zero-order valence-electron chi connectivity index (χ0n) is 15.0. The van der Waals surface area contributed by atoms with E-state index in [-0.39, 0.29) is 6.04 Å². The molecule has 1 N–H and O–H groups in total. The lowest BCUT2D eigenvalue weighted by atomic mass is 9.94. The Bertz CT molecular complexity index is 453. The Balaban J connectivity index is 1.95. The molecule has 6 nitrogen and oxygen atoms in total. The van der Waals surface area contributed by atoms with Crippen LogP contribution in [-0.2, 0) is 14.9 Å². The Morgan fingerprint density at radius 2 is 1.70 bits per heavy atom. The van der Waals surface area contributed by atoms with Gasteiger partial charge in [0.1, 0.15) is 0 Å². The van der Waals surface area contributed by atoms with Crippen molar-refractivity contribution in [3.05, 3.63) is 0 Å². The molecule has 0 amide bonds. The fourth-order valence-corrected chi connectivity index (χ4v) is 5.24. The van der Waals surface area contributed by atoms with Crippen LogP contribution in [0.4, 0.5) is 0 Å². The van der Waals surface area contributed by atoms with Crippen LogP contribution in [0.2, 0.25) is 0 Å². The van der Waals surface area contributed by atoms with E-state index in [4.69, 9.17) is 4.74 Å². The van der Waals surface area contributed by atoms with E-state index in [1.54, 1.807) is 4.31 Å². The van der Waals surface area contributed by atoms with E-state index in [2.05, 4.69) is 37.3 Å². The maximum atomic E-state index is 12.7. The molecular formula is C16H33N3O3S. The lowest BCUT2D eigenvalue weighted by molar-refractivity contribution is 0.00765. The van der Waals surface area contributed by atoms with Crippen molar-refractivity contribution < 1.29 is 13.2 Å². The third-order valence-electron chi connectivity index (χ3n) is 4.93. The van der Waals surface area contributed by atoms with Crippen LogP contribution >= 0.6 is 0 Å². The van der Waals surface area contributed by atoms with Crippen molar-refractivity contribution in [3.8, 4) is 0 Å². The number of nitrogens with zero attached hydrogens (tertiary/aromatic N) is 2. The summed E-state index contributed by atoms with van der Waals surface area (Å²) in [5.74, 6) is 1.25. The van der Waals surface area contributed by atoms with Gasteiger partial charge in [-0.25, -0.2) is 4.72 Å². The highest BCUT2D eigenvalue weighted by atomic mass is 32.2. The summed E-state index contributed by atoms with van der Waals surface area (Å²) in [6.45, 7) is 13.5. The van der Waals surface area contributed by atoms with Crippen molar-refractivity contribution in [2.45, 2.75) is 40.2 Å². The highest BCUT2D eigenvalue weighted by Crippen LogP contribution is 2.23. The van der Waals surface area contributed by atoms with E-state index < -0.39 is 10.2 Å². The van der Waals surface area contributed by atoms with Crippen molar-refractivity contribution >= 4 is 10.2 Å². The van der Waals surface area contributed by atoms with Crippen LogP contribution in [0.25, 0.3) is 0 Å². The van der Waals surface area contributed by atoms with Gasteiger partial charge in [0.05, 0.1) is 13.2 Å². The summed E-state index contributed by atoms with van der Waals surface area (Å²) in [6.07, 6.45) is 1.11. The van der Waals surface area contributed by atoms with Gasteiger partial charge < -0.3 is 4.74 Å². The third-order valence-corrected chi connectivity index (χ3v) is 6.44. The van der Waals surface area contributed by atoms with Gasteiger partial charge in [0.2, 0.25) is 0 Å². The first kappa shape index (κ1) is 19.1. The van der Waals surface area contributed by atoms with Gasteiger partial charge in [-0.1, -0.05) is 27.7 Å². The molecule has 2 aliphatic heterocycles. The quantitative estimate of drug-likeness (QED) is 0.783. The van der Waals surface area contributed by atoms with Crippen molar-refractivity contribution in [1.29, 1.82) is 0 Å². The molecule has 2 saturated heterocycles. The lowest BCUT2D eigenvalue weighted by Crippen LogP contribution is -2.54. The van der Waals surface area contributed by atoms with Crippen LogP contribution in [0.1, 0.15) is 34.1 Å². The van der Waals surface area contributed by atoms with Gasteiger partial charge in [0.15, 0.2) is 0 Å². The van der Waals surface area contributed by atoms with Gasteiger partial charge in [0.25, 0.3) is 10.2 Å². The topological polar surface area (TPSA) is 61.9 Å². The van der Waals surface area contributed by atoms with Gasteiger partial charge in [-0.3, -0.25) is 4.90 Å². The van der Waals surface area contributed by atoms with Crippen LogP contribution in [0, 0.1) is 17.8 Å². The Kier molecular flexibility index (Phi) is 6.86. The highest BCUT2D eigenvalue weighted by Gasteiger charge is 2.32. The standard InChI is InChI=1S/C16H33N3O3S/c1-13(2)16(18-5-7-22-8-6-18)10-17-23(20,21)19-11-14(3)9-15(4)12-19/h13-17H,5-12H2,1-4H3. The Labute approximate surface area is 141 Å². The molecule has 7 heteroatoms. The third kappa shape index (κ3) is 5.39. The molecule has 0 saturated carbocycles. The van der Waals surface area contributed by atoms with Crippen LogP contribution in [0.5, 0.6) is 0 Å². The lowest BCUT2D eigenvalue weighted by Gasteiger charge is -2.38. The molecule has 3 atom stereocenters. The minimum atomic E-state index is -3.39. The fraction of sp³-hybridized carbons (Fsp3) is 1.00. The summed E-state index contributed by atoms with van der Waals surface area (Å²) in [4.78, 5) is 2.35. The first-order valence-electron chi connectivity index (χ1n) is 8.86. The molecule has 0 aromatic carbocycles. The van der Waals surface area contributed by atoms with Gasteiger partial charge >= 0.3 is 0 Å². The SMILES string of the molecule is CC1CC(C)CN(S(=O)(=O)NCC(C(C)C)N2CCOCC2)C1. The maximum absolute atomic E-state index is 12.7. The molecular weight excluding hydrogens is 314 g/mol. The van der Waals surface area contributed by atoms with Crippen LogP contribution in [-0.4, -0.2) is 69.6 Å². The molecule has 3 unspecified atom stereocenters. The average Bonchev–Trinajstić information content (AvgIpc) is 2.47. The molecule has 0 bridgehead atoms. The number of morpholine rings is 1. The van der Waals surface area contributed by atoms with E-state index in [0.717, 1.165) is 32.7 Å². The number of hydrogen-bond acceptors (Lipinski definition) is 4. The first-order valence-corrected chi connectivity index (χ1v) is 10.3. The second-order valence-corrected chi connectivity index (χ2v) is 9.33. The van der Waals surface area contributed by atoms with Gasteiger partial charge in [-0.15, -0.1) is 0 Å². The van der Waals surface area contributed by atoms with Crippen LogP contribution < -0.4 is 4.72 Å². The Morgan fingerprint density at radius 3 is 2.22 bits per heavy atom. The first-order chi connectivity index (χ1) is 10.8. The van der Waals surface area contributed by atoms with Crippen molar-refractivity contribution in [3.63, 3.8) is 0 Å². The summed E-state index contributed by atoms with van der Waals surface area (Å²) in [5.41, 5.74) is 0. The molecule has 0 aromatic rings. The van der Waals surface area contributed by atoms with Crippen molar-refractivity contribution in [1.82, 2.24) is 13.9 Å². The number of nitrogens with one attached hydrogen (secondary N) is 1. The van der Waals surface area contributed by atoms with E-state index in [1.165, 1.54) is 0 Å². The molecule has 2 rings (SSSR count). The number of piperidine rings is 1. The highest BCUT2D eigenvalue weighted by molar-refractivity contribution is 7.87. The minimum Gasteiger partial charge on any atom is -0.379 e. The minimum absolute atomic E-state index is 0.216. The van der Waals surface area contributed by atoms with Crippen molar-refractivity contribution in [2.24, 2.45) is 17.8 Å². The summed E-state index contributed by atoms with van der Waals surface area (Å²) >= 11 is 0. The van der Waals surface area contributed by atoms with E-state index >= 15 is 0 Å². The van der Waals surface area contributed by atoms with E-state index in [1.807, 2.05) is 0 Å². The average molecular weight is 348 g/mol. The van der Waals surface area contributed by atoms with Crippen molar-refractivity contribution in [2.75, 3.05) is 45.9 Å². The summed E-state index contributed by atoms with van der Waals surface area (Å²) in [7, 11) is -3.39. The fourth-order valence-electron chi connectivity index (χ4n) is 3.78. The molecule has 0 radical (unpaired) electrons. The Morgan fingerprint density at radius 1 is 1.13 bits per heavy atom. The molecule has 0 spiro atoms. The summed E-state index contributed by atoms with van der Waals surface area (Å²) in [6, 6.07) is 0.216. The predicted molar refractivity (Wildman–Crippen MR) is 92.5 cm³/mol. The number of rotatable bonds is 6. The molecule has 0 aromatic heterocycles. The van der Waals surface area contributed by atoms with Crippen LogP contribution in [0.3, 0.4) is 0 Å². The zero-order chi connectivity index (χ0) is 17.0. The zero-order valence-corrected chi connectivity index (χ0v) is 15.8. The smallest absolute Gasteiger partial charge is 0.279 e. The summed E-state index contributed by atoms with van der Waals surface area (Å²) < 4.78 is 35.2. The second-order valence-electron chi connectivity index (χ2n) is 7.58. The molecule has 2 heterocycles. The maximum Gasteiger partial charge on any atom is 0.279 e. The summed E-state index contributed by atoms with van der Waals surface area (Å²) in [5, 5.41) is 0. The molecule has 23 heavy (non-hydrogen) atoms. The number of hydrogen-bond donors (Lipinski definition) is 1. The molecule has 2 fully saturated rings. The van der Waals surface area contributed by atoms with Gasteiger partial charge in [0, 0.05) is 38.8 Å². The second kappa shape index (κ2) is 8.25. The Hall–Kier alpha value is -0.210. The van der Waals surface area contributed by atoms with Crippen LogP contribution in [0.15, 0.2) is 0 Å².